The highest BCUT2D eigenvalue weighted by molar-refractivity contribution is 5.81. The number of hydrogen-bond acceptors (Lipinski definition) is 5. The number of ether oxygens (including phenoxy) is 2. The van der Waals surface area contributed by atoms with Crippen LogP contribution in [0.1, 0.15) is 59.8 Å². The zero-order valence-corrected chi connectivity index (χ0v) is 19.5. The van der Waals surface area contributed by atoms with Gasteiger partial charge in [-0.1, -0.05) is 6.92 Å². The predicted octanol–water partition coefficient (Wildman–Crippen LogP) is 3.21. The molecule has 2 aromatic rings. The van der Waals surface area contributed by atoms with Gasteiger partial charge in [0, 0.05) is 24.6 Å². The van der Waals surface area contributed by atoms with Crippen molar-refractivity contribution in [1.29, 1.82) is 0 Å². The first-order chi connectivity index (χ1) is 15.4. The molecule has 1 aromatic heterocycles. The summed E-state index contributed by atoms with van der Waals surface area (Å²) in [4.78, 5) is 41.1. The first-order valence-electron chi connectivity index (χ1n) is 11.7. The molecule has 1 fully saturated rings. The number of rotatable bonds is 9. The first kappa shape index (κ1) is 23.9. The van der Waals surface area contributed by atoms with Gasteiger partial charge < -0.3 is 19.8 Å². The van der Waals surface area contributed by atoms with Crippen LogP contribution in [-0.4, -0.2) is 34.7 Å². The number of benzene rings is 1. The number of aromatic amines is 1. The summed E-state index contributed by atoms with van der Waals surface area (Å²) in [6.45, 7) is 9.03. The van der Waals surface area contributed by atoms with Crippen molar-refractivity contribution < 1.29 is 14.3 Å². The second-order valence-corrected chi connectivity index (χ2v) is 8.59. The Labute approximate surface area is 188 Å². The molecule has 8 heteroatoms. The Kier molecular flexibility index (Phi) is 7.99. The van der Waals surface area contributed by atoms with Crippen LogP contribution in [0.3, 0.4) is 0 Å². The normalized spacial score (nSPS) is 19.5. The van der Waals surface area contributed by atoms with E-state index in [-0.39, 0.29) is 29.3 Å². The van der Waals surface area contributed by atoms with Gasteiger partial charge in [-0.3, -0.25) is 14.2 Å². The molecule has 1 saturated carbocycles. The lowest BCUT2D eigenvalue weighted by molar-refractivity contribution is -0.126. The molecule has 8 nitrogen and oxygen atoms in total. The van der Waals surface area contributed by atoms with Gasteiger partial charge >= 0.3 is 5.69 Å². The Morgan fingerprint density at radius 1 is 1.09 bits per heavy atom. The Hall–Kier alpha value is -2.77. The van der Waals surface area contributed by atoms with Crippen molar-refractivity contribution >= 4 is 16.8 Å². The summed E-state index contributed by atoms with van der Waals surface area (Å²) in [5, 5.41) is 3.46. The number of amides is 1. The van der Waals surface area contributed by atoms with Gasteiger partial charge in [-0.2, -0.15) is 0 Å². The van der Waals surface area contributed by atoms with Gasteiger partial charge in [0.05, 0.1) is 24.1 Å². The average molecular weight is 446 g/mol. The summed E-state index contributed by atoms with van der Waals surface area (Å²) in [7, 11) is 0. The smallest absolute Gasteiger partial charge is 0.328 e. The van der Waals surface area contributed by atoms with Crippen LogP contribution in [0.4, 0.5) is 0 Å². The molecule has 3 rings (SSSR count). The van der Waals surface area contributed by atoms with Crippen LogP contribution in [0.15, 0.2) is 21.7 Å². The summed E-state index contributed by atoms with van der Waals surface area (Å²) in [5.74, 6) is 1.31. The Morgan fingerprint density at radius 3 is 2.31 bits per heavy atom. The molecule has 1 heterocycles. The second kappa shape index (κ2) is 10.7. The van der Waals surface area contributed by atoms with E-state index in [0.717, 1.165) is 32.1 Å². The Balaban J connectivity index is 1.78. The molecule has 176 valence electrons. The van der Waals surface area contributed by atoms with Gasteiger partial charge in [-0.05, 0) is 64.9 Å². The summed E-state index contributed by atoms with van der Waals surface area (Å²) in [6.07, 6.45) is 4.09. The molecular weight excluding hydrogens is 410 g/mol. The second-order valence-electron chi connectivity index (χ2n) is 8.59. The SMILES string of the molecule is CCOc1cc2[nH]c(=O)n(CC3CCC(C(=O)NC(C)CC)CC3)c(=O)c2cc1OCC. The fraction of sp³-hybridized carbons (Fsp3) is 0.625. The molecule has 1 aliphatic rings. The molecule has 0 aliphatic heterocycles. The number of aromatic nitrogens is 2. The van der Waals surface area contributed by atoms with E-state index in [0.29, 0.717) is 42.2 Å². The summed E-state index contributed by atoms with van der Waals surface area (Å²) in [5.41, 5.74) is -0.316. The van der Waals surface area contributed by atoms with Gasteiger partial charge in [0.1, 0.15) is 0 Å². The number of carbonyl (C=O) groups is 1. The van der Waals surface area contributed by atoms with Crippen molar-refractivity contribution in [3.63, 3.8) is 0 Å². The maximum Gasteiger partial charge on any atom is 0.328 e. The maximum atomic E-state index is 13.2. The third-order valence-electron chi connectivity index (χ3n) is 6.31. The van der Waals surface area contributed by atoms with Crippen LogP contribution in [0.25, 0.3) is 10.9 Å². The van der Waals surface area contributed by atoms with E-state index in [1.807, 2.05) is 20.8 Å². The van der Waals surface area contributed by atoms with E-state index in [4.69, 9.17) is 9.47 Å². The van der Waals surface area contributed by atoms with Crippen LogP contribution >= 0.6 is 0 Å². The van der Waals surface area contributed by atoms with Crippen molar-refractivity contribution in [2.75, 3.05) is 13.2 Å². The summed E-state index contributed by atoms with van der Waals surface area (Å²) in [6, 6.07) is 3.48. The van der Waals surface area contributed by atoms with E-state index >= 15 is 0 Å². The molecule has 0 saturated heterocycles. The van der Waals surface area contributed by atoms with E-state index in [9.17, 15) is 14.4 Å². The molecule has 1 amide bonds. The quantitative estimate of drug-likeness (QED) is 0.617. The Bertz CT molecular complexity index is 1050. The van der Waals surface area contributed by atoms with Gasteiger partial charge in [-0.15, -0.1) is 0 Å². The zero-order chi connectivity index (χ0) is 23.3. The van der Waals surface area contributed by atoms with Crippen LogP contribution in [-0.2, 0) is 11.3 Å². The molecule has 0 spiro atoms. The van der Waals surface area contributed by atoms with E-state index < -0.39 is 5.69 Å². The number of carbonyl (C=O) groups excluding carboxylic acids is 1. The Morgan fingerprint density at radius 2 is 1.72 bits per heavy atom. The lowest BCUT2D eigenvalue weighted by atomic mass is 9.81. The number of H-pyrrole nitrogens is 1. The van der Waals surface area contributed by atoms with Crippen molar-refractivity contribution in [2.45, 2.75) is 72.4 Å². The van der Waals surface area contributed by atoms with Crippen LogP contribution in [0.5, 0.6) is 11.5 Å². The minimum absolute atomic E-state index is 0.0117. The van der Waals surface area contributed by atoms with Crippen molar-refractivity contribution in [3.05, 3.63) is 33.0 Å². The number of fused-ring (bicyclic) bond motifs is 1. The van der Waals surface area contributed by atoms with Crippen LogP contribution < -0.4 is 26.0 Å². The highest BCUT2D eigenvalue weighted by Gasteiger charge is 2.27. The average Bonchev–Trinajstić information content (AvgIpc) is 2.78. The molecule has 2 N–H and O–H groups in total. The van der Waals surface area contributed by atoms with E-state index in [1.54, 1.807) is 12.1 Å². The third-order valence-corrected chi connectivity index (χ3v) is 6.31. The first-order valence-corrected chi connectivity index (χ1v) is 11.7. The van der Waals surface area contributed by atoms with Gasteiger partial charge in [-0.25, -0.2) is 4.79 Å². The van der Waals surface area contributed by atoms with Crippen molar-refractivity contribution in [1.82, 2.24) is 14.9 Å². The maximum absolute atomic E-state index is 13.2. The molecule has 1 unspecified atom stereocenters. The minimum atomic E-state index is -0.425. The largest absolute Gasteiger partial charge is 0.490 e. The van der Waals surface area contributed by atoms with Crippen molar-refractivity contribution in [2.24, 2.45) is 11.8 Å². The van der Waals surface area contributed by atoms with Gasteiger partial charge in [0.15, 0.2) is 11.5 Å². The van der Waals surface area contributed by atoms with Gasteiger partial charge in [0.2, 0.25) is 5.91 Å². The fourth-order valence-corrected chi connectivity index (χ4v) is 4.29. The van der Waals surface area contributed by atoms with Gasteiger partial charge in [0.25, 0.3) is 5.56 Å². The number of nitrogens with zero attached hydrogens (tertiary/aromatic N) is 1. The van der Waals surface area contributed by atoms with Crippen LogP contribution in [0, 0.1) is 11.8 Å². The van der Waals surface area contributed by atoms with E-state index in [1.165, 1.54) is 4.57 Å². The number of hydrogen-bond donors (Lipinski definition) is 2. The molecule has 1 atom stereocenters. The molecule has 1 aliphatic carbocycles. The molecular formula is C24H35N3O5. The summed E-state index contributed by atoms with van der Waals surface area (Å²) < 4.78 is 12.5. The third kappa shape index (κ3) is 5.34. The standard InChI is InChI=1S/C24H35N3O5/c1-5-15(4)25-22(28)17-10-8-16(9-11-17)14-27-23(29)18-12-20(31-6-2)21(32-7-3)13-19(18)26-24(27)30/h12-13,15-17H,5-11,14H2,1-4H3,(H,25,28)(H,26,30). The lowest BCUT2D eigenvalue weighted by Gasteiger charge is -2.28. The zero-order valence-electron chi connectivity index (χ0n) is 19.5. The number of nitrogens with one attached hydrogen (secondary N) is 2. The lowest BCUT2D eigenvalue weighted by Crippen LogP contribution is -2.40. The topological polar surface area (TPSA) is 102 Å². The highest BCUT2D eigenvalue weighted by Crippen LogP contribution is 2.31. The van der Waals surface area contributed by atoms with Crippen molar-refractivity contribution in [3.8, 4) is 11.5 Å². The molecule has 32 heavy (non-hydrogen) atoms. The summed E-state index contributed by atoms with van der Waals surface area (Å²) >= 11 is 0. The predicted molar refractivity (Wildman–Crippen MR) is 125 cm³/mol. The highest BCUT2D eigenvalue weighted by atomic mass is 16.5. The van der Waals surface area contributed by atoms with Crippen LogP contribution in [0.2, 0.25) is 0 Å². The molecule has 0 bridgehead atoms. The fourth-order valence-electron chi connectivity index (χ4n) is 4.29. The van der Waals surface area contributed by atoms with E-state index in [2.05, 4.69) is 17.2 Å². The molecule has 1 aromatic carbocycles. The minimum Gasteiger partial charge on any atom is -0.490 e. The molecule has 0 radical (unpaired) electrons. The monoisotopic (exact) mass is 445 g/mol.